The van der Waals surface area contributed by atoms with E-state index in [2.05, 4.69) is 19.2 Å². The van der Waals surface area contributed by atoms with Gasteiger partial charge in [0.25, 0.3) is 5.91 Å². The van der Waals surface area contributed by atoms with Crippen LogP contribution in [0.2, 0.25) is 0 Å². The van der Waals surface area contributed by atoms with Crippen molar-refractivity contribution in [1.82, 2.24) is 9.78 Å². The van der Waals surface area contributed by atoms with Crippen molar-refractivity contribution in [3.05, 3.63) is 40.2 Å². The number of ketones is 1. The van der Waals surface area contributed by atoms with E-state index in [0.29, 0.717) is 30.8 Å². The summed E-state index contributed by atoms with van der Waals surface area (Å²) in [7, 11) is 1.66. The minimum atomic E-state index is -0.483. The van der Waals surface area contributed by atoms with E-state index in [0.717, 1.165) is 41.0 Å². The van der Waals surface area contributed by atoms with Crippen molar-refractivity contribution < 1.29 is 14.3 Å². The first-order valence-electron chi connectivity index (χ1n) is 9.94. The van der Waals surface area contributed by atoms with Crippen LogP contribution in [0.1, 0.15) is 64.4 Å². The highest BCUT2D eigenvalue weighted by Gasteiger charge is 2.36. The summed E-state index contributed by atoms with van der Waals surface area (Å²) in [5.41, 5.74) is 10.7. The summed E-state index contributed by atoms with van der Waals surface area (Å²) in [5.74, 6) is -0.340. The number of Topliss-reactive ketones (excluding diaryl/α,β-unsaturated/α-hetero) is 1. The second-order valence-corrected chi connectivity index (χ2v) is 8.58. The van der Waals surface area contributed by atoms with Gasteiger partial charge in [-0.25, -0.2) is 4.68 Å². The molecular weight excluding hydrogens is 368 g/mol. The van der Waals surface area contributed by atoms with Gasteiger partial charge in [0.15, 0.2) is 5.78 Å². The number of ether oxygens (including phenoxy) is 1. The fourth-order valence-corrected chi connectivity index (χ4v) is 4.05. The number of anilines is 1. The van der Waals surface area contributed by atoms with Gasteiger partial charge in [-0.3, -0.25) is 9.59 Å². The maximum absolute atomic E-state index is 12.7. The molecule has 3 rings (SSSR count). The van der Waals surface area contributed by atoms with E-state index in [1.54, 1.807) is 13.2 Å². The third-order valence-corrected chi connectivity index (χ3v) is 5.39. The summed E-state index contributed by atoms with van der Waals surface area (Å²) in [4.78, 5) is 24.7. The van der Waals surface area contributed by atoms with Crippen molar-refractivity contribution in [2.75, 3.05) is 25.6 Å². The standard InChI is InChI=1S/C22H30N4O3/c1-13-9-15(21(23)28)16(24-7-6-8-29-5)10-17(13)26-18-11-22(3,4)12-19(27)20(18)14(2)25-26/h9-10,24H,6-8,11-12H2,1-5H3,(H2,23,28). The fourth-order valence-electron chi connectivity index (χ4n) is 4.05. The first-order chi connectivity index (χ1) is 13.6. The lowest BCUT2D eigenvalue weighted by atomic mass is 9.75. The highest BCUT2D eigenvalue weighted by Crippen LogP contribution is 2.37. The predicted octanol–water partition coefficient (Wildman–Crippen LogP) is 3.19. The van der Waals surface area contributed by atoms with Crippen LogP contribution in [0.15, 0.2) is 12.1 Å². The number of fused-ring (bicyclic) bond motifs is 1. The number of aryl methyl sites for hydroxylation is 2. The molecule has 7 nitrogen and oxygen atoms in total. The number of nitrogens with zero attached hydrogens (tertiary/aromatic N) is 2. The summed E-state index contributed by atoms with van der Waals surface area (Å²) in [6.07, 6.45) is 2.10. The van der Waals surface area contributed by atoms with E-state index in [9.17, 15) is 9.59 Å². The van der Waals surface area contributed by atoms with Crippen LogP contribution in [0.4, 0.5) is 5.69 Å². The Morgan fingerprint density at radius 1 is 1.31 bits per heavy atom. The second kappa shape index (κ2) is 7.99. The lowest BCUT2D eigenvalue weighted by molar-refractivity contribution is 0.0909. The fraction of sp³-hybridized carbons (Fsp3) is 0.500. The Bertz CT molecular complexity index is 959. The quantitative estimate of drug-likeness (QED) is 0.698. The molecule has 0 atom stereocenters. The molecule has 1 amide bonds. The summed E-state index contributed by atoms with van der Waals surface area (Å²) in [6.45, 7) is 9.29. The third kappa shape index (κ3) is 4.19. The van der Waals surface area contributed by atoms with Crippen LogP contribution in [-0.4, -0.2) is 41.7 Å². The number of aromatic nitrogens is 2. The van der Waals surface area contributed by atoms with Crippen molar-refractivity contribution in [2.24, 2.45) is 11.1 Å². The van der Waals surface area contributed by atoms with Gasteiger partial charge in [-0.05, 0) is 49.8 Å². The van der Waals surface area contributed by atoms with Gasteiger partial charge in [0.05, 0.1) is 28.2 Å². The lowest BCUT2D eigenvalue weighted by Gasteiger charge is -2.29. The van der Waals surface area contributed by atoms with E-state index in [-0.39, 0.29) is 11.2 Å². The van der Waals surface area contributed by atoms with Crippen molar-refractivity contribution in [2.45, 2.75) is 47.0 Å². The molecule has 0 unspecified atom stereocenters. The zero-order valence-corrected chi connectivity index (χ0v) is 17.9. The van der Waals surface area contributed by atoms with E-state index in [4.69, 9.17) is 15.6 Å². The SMILES string of the molecule is COCCCNc1cc(-n2nc(C)c3c2CC(C)(C)CC3=O)c(C)cc1C(N)=O. The molecule has 0 aliphatic heterocycles. The first-order valence-corrected chi connectivity index (χ1v) is 9.94. The van der Waals surface area contributed by atoms with Gasteiger partial charge in [-0.2, -0.15) is 5.10 Å². The number of hydrogen-bond donors (Lipinski definition) is 2. The van der Waals surface area contributed by atoms with Crippen LogP contribution in [0, 0.1) is 19.3 Å². The number of methoxy groups -OCH3 is 1. The number of rotatable bonds is 7. The molecule has 1 heterocycles. The Morgan fingerprint density at radius 2 is 2.03 bits per heavy atom. The molecule has 29 heavy (non-hydrogen) atoms. The van der Waals surface area contributed by atoms with Crippen LogP contribution in [0.5, 0.6) is 0 Å². The van der Waals surface area contributed by atoms with Gasteiger partial charge in [0.1, 0.15) is 0 Å². The zero-order valence-electron chi connectivity index (χ0n) is 17.9. The van der Waals surface area contributed by atoms with Crippen LogP contribution >= 0.6 is 0 Å². The smallest absolute Gasteiger partial charge is 0.250 e. The van der Waals surface area contributed by atoms with E-state index >= 15 is 0 Å². The molecular formula is C22H30N4O3. The van der Waals surface area contributed by atoms with Gasteiger partial charge in [-0.15, -0.1) is 0 Å². The molecule has 1 aliphatic rings. The molecule has 0 saturated heterocycles. The minimum Gasteiger partial charge on any atom is -0.385 e. The highest BCUT2D eigenvalue weighted by atomic mass is 16.5. The lowest BCUT2D eigenvalue weighted by Crippen LogP contribution is -2.28. The molecule has 0 radical (unpaired) electrons. The Hall–Kier alpha value is -2.67. The van der Waals surface area contributed by atoms with Gasteiger partial charge >= 0.3 is 0 Å². The van der Waals surface area contributed by atoms with E-state index in [1.165, 1.54) is 0 Å². The summed E-state index contributed by atoms with van der Waals surface area (Å²) >= 11 is 0. The molecule has 0 spiro atoms. The normalized spacial score (nSPS) is 15.3. The maximum atomic E-state index is 12.7. The van der Waals surface area contributed by atoms with Crippen LogP contribution < -0.4 is 11.1 Å². The molecule has 2 aromatic rings. The van der Waals surface area contributed by atoms with Crippen molar-refractivity contribution >= 4 is 17.4 Å². The van der Waals surface area contributed by atoms with Crippen molar-refractivity contribution in [1.29, 1.82) is 0 Å². The average molecular weight is 399 g/mol. The molecule has 0 saturated carbocycles. The van der Waals surface area contributed by atoms with Crippen LogP contribution in [-0.2, 0) is 11.2 Å². The number of benzene rings is 1. The van der Waals surface area contributed by atoms with Gasteiger partial charge in [0, 0.05) is 32.4 Å². The zero-order chi connectivity index (χ0) is 21.3. The minimum absolute atomic E-state index is 0.114. The van der Waals surface area contributed by atoms with Crippen LogP contribution in [0.25, 0.3) is 5.69 Å². The molecule has 0 fully saturated rings. The Morgan fingerprint density at radius 3 is 2.69 bits per heavy atom. The average Bonchev–Trinajstić information content (AvgIpc) is 2.94. The molecule has 7 heteroatoms. The topological polar surface area (TPSA) is 99.2 Å². The molecule has 1 aromatic carbocycles. The van der Waals surface area contributed by atoms with Crippen molar-refractivity contribution in [3.63, 3.8) is 0 Å². The molecule has 0 bridgehead atoms. The molecule has 1 aromatic heterocycles. The molecule has 1 aliphatic carbocycles. The number of carbonyl (C=O) groups excluding carboxylic acids is 2. The maximum Gasteiger partial charge on any atom is 0.250 e. The number of primary amides is 1. The van der Waals surface area contributed by atoms with E-state index < -0.39 is 5.91 Å². The number of carbonyl (C=O) groups is 2. The number of hydrogen-bond acceptors (Lipinski definition) is 5. The molecule has 3 N–H and O–H groups in total. The van der Waals surface area contributed by atoms with Gasteiger partial charge in [0.2, 0.25) is 0 Å². The number of amides is 1. The Kier molecular flexibility index (Phi) is 5.80. The highest BCUT2D eigenvalue weighted by molar-refractivity contribution is 6.00. The largest absolute Gasteiger partial charge is 0.385 e. The molecule has 156 valence electrons. The predicted molar refractivity (Wildman–Crippen MR) is 113 cm³/mol. The van der Waals surface area contributed by atoms with Crippen molar-refractivity contribution in [3.8, 4) is 5.69 Å². The second-order valence-electron chi connectivity index (χ2n) is 8.58. The number of nitrogens with one attached hydrogen (secondary N) is 1. The third-order valence-electron chi connectivity index (χ3n) is 5.39. The number of nitrogens with two attached hydrogens (primary N) is 1. The summed E-state index contributed by atoms with van der Waals surface area (Å²) in [6, 6.07) is 3.69. The summed E-state index contributed by atoms with van der Waals surface area (Å²) in [5, 5.41) is 7.99. The Balaban J connectivity index is 2.09. The van der Waals surface area contributed by atoms with Gasteiger partial charge < -0.3 is 15.8 Å². The van der Waals surface area contributed by atoms with Crippen LogP contribution in [0.3, 0.4) is 0 Å². The van der Waals surface area contributed by atoms with E-state index in [1.807, 2.05) is 24.6 Å². The monoisotopic (exact) mass is 398 g/mol. The Labute approximate surface area is 171 Å². The first kappa shape index (κ1) is 21.0. The summed E-state index contributed by atoms with van der Waals surface area (Å²) < 4.78 is 6.95. The van der Waals surface area contributed by atoms with Gasteiger partial charge in [-0.1, -0.05) is 13.8 Å².